The standard InChI is InChI=1S/C10H8F5NO4S/c1-16(4-10(13,14)15)21(19,20)7-3-5(9(17)18)2-6(11)8(7)12/h2-3H,4H2,1H3,(H,17,18). The third-order valence-electron chi connectivity index (χ3n) is 2.33. The average Bonchev–Trinajstić information content (AvgIpc) is 2.29. The molecule has 0 saturated heterocycles. The fraction of sp³-hybridized carbons (Fsp3) is 0.300. The van der Waals surface area contributed by atoms with Crippen LogP contribution in [0, 0.1) is 11.6 Å². The number of benzene rings is 1. The normalized spacial score (nSPS) is 12.7. The van der Waals surface area contributed by atoms with Crippen molar-refractivity contribution in [2.24, 2.45) is 0 Å². The van der Waals surface area contributed by atoms with E-state index in [0.717, 1.165) is 0 Å². The molecule has 21 heavy (non-hydrogen) atoms. The molecule has 0 bridgehead atoms. The highest BCUT2D eigenvalue weighted by atomic mass is 32.2. The van der Waals surface area contributed by atoms with Crippen LogP contribution in [0.2, 0.25) is 0 Å². The summed E-state index contributed by atoms with van der Waals surface area (Å²) < 4.78 is 86.5. The topological polar surface area (TPSA) is 74.7 Å². The van der Waals surface area contributed by atoms with Crippen molar-refractivity contribution >= 4 is 16.0 Å². The summed E-state index contributed by atoms with van der Waals surface area (Å²) in [7, 11) is -4.54. The Morgan fingerprint density at radius 2 is 1.81 bits per heavy atom. The van der Waals surface area contributed by atoms with Crippen molar-refractivity contribution in [1.29, 1.82) is 0 Å². The van der Waals surface area contributed by atoms with Gasteiger partial charge in [0.25, 0.3) is 0 Å². The van der Waals surface area contributed by atoms with Gasteiger partial charge < -0.3 is 5.11 Å². The Labute approximate surface area is 115 Å². The van der Waals surface area contributed by atoms with Crippen molar-refractivity contribution in [1.82, 2.24) is 4.31 Å². The summed E-state index contributed by atoms with van der Waals surface area (Å²) in [5, 5.41) is 8.64. The van der Waals surface area contributed by atoms with Crippen molar-refractivity contribution in [3.63, 3.8) is 0 Å². The highest BCUT2D eigenvalue weighted by molar-refractivity contribution is 7.89. The first-order valence-electron chi connectivity index (χ1n) is 5.11. The predicted octanol–water partition coefficient (Wildman–Crippen LogP) is 1.85. The Morgan fingerprint density at radius 3 is 2.24 bits per heavy atom. The number of carbonyl (C=O) groups is 1. The van der Waals surface area contributed by atoms with Crippen molar-refractivity contribution < 1.29 is 40.3 Å². The molecule has 0 radical (unpaired) electrons. The molecule has 5 nitrogen and oxygen atoms in total. The molecule has 0 aliphatic heterocycles. The van der Waals surface area contributed by atoms with Crippen LogP contribution in [0.3, 0.4) is 0 Å². The second-order valence-electron chi connectivity index (χ2n) is 3.95. The van der Waals surface area contributed by atoms with E-state index in [-0.39, 0.29) is 16.4 Å². The second-order valence-corrected chi connectivity index (χ2v) is 5.96. The van der Waals surface area contributed by atoms with Crippen molar-refractivity contribution in [2.45, 2.75) is 11.1 Å². The lowest BCUT2D eigenvalue weighted by Gasteiger charge is -2.19. The van der Waals surface area contributed by atoms with Crippen LogP contribution < -0.4 is 0 Å². The van der Waals surface area contributed by atoms with E-state index in [1.165, 1.54) is 0 Å². The Bertz CT molecular complexity index is 671. The molecule has 0 amide bonds. The summed E-state index contributed by atoms with van der Waals surface area (Å²) >= 11 is 0. The van der Waals surface area contributed by atoms with Crippen LogP contribution in [0.25, 0.3) is 0 Å². The monoisotopic (exact) mass is 333 g/mol. The number of hydrogen-bond donors (Lipinski definition) is 1. The quantitative estimate of drug-likeness (QED) is 0.854. The van der Waals surface area contributed by atoms with E-state index in [0.29, 0.717) is 7.05 Å². The Morgan fingerprint density at radius 1 is 1.29 bits per heavy atom. The van der Waals surface area contributed by atoms with Gasteiger partial charge in [-0.2, -0.15) is 17.5 Å². The second kappa shape index (κ2) is 5.56. The van der Waals surface area contributed by atoms with Gasteiger partial charge in [0.1, 0.15) is 11.4 Å². The number of carboxylic acids is 1. The molecule has 1 rings (SSSR count). The molecule has 1 aromatic rings. The van der Waals surface area contributed by atoms with Crippen LogP contribution in [0.4, 0.5) is 22.0 Å². The molecular weight excluding hydrogens is 325 g/mol. The molecule has 1 aromatic carbocycles. The van der Waals surface area contributed by atoms with E-state index in [2.05, 4.69) is 0 Å². The summed E-state index contributed by atoms with van der Waals surface area (Å²) in [5.74, 6) is -5.51. The molecule has 118 valence electrons. The Balaban J connectivity index is 3.41. The summed E-state index contributed by atoms with van der Waals surface area (Å²) in [4.78, 5) is 9.18. The van der Waals surface area contributed by atoms with Crippen LogP contribution in [0.1, 0.15) is 10.4 Å². The number of hydrogen-bond acceptors (Lipinski definition) is 3. The fourth-order valence-corrected chi connectivity index (χ4v) is 2.63. The summed E-state index contributed by atoms with van der Waals surface area (Å²) in [6.45, 7) is -1.94. The van der Waals surface area contributed by atoms with Gasteiger partial charge in [0.15, 0.2) is 11.6 Å². The minimum absolute atomic E-state index is 0.223. The molecule has 0 atom stereocenters. The molecule has 0 unspecified atom stereocenters. The van der Waals surface area contributed by atoms with Crippen molar-refractivity contribution in [3.05, 3.63) is 29.3 Å². The summed E-state index contributed by atoms with van der Waals surface area (Å²) in [6.07, 6.45) is -4.90. The van der Waals surface area contributed by atoms with Gasteiger partial charge in [0.2, 0.25) is 10.0 Å². The first kappa shape index (κ1) is 17.3. The lowest BCUT2D eigenvalue weighted by molar-refractivity contribution is -0.134. The molecule has 0 fully saturated rings. The zero-order valence-electron chi connectivity index (χ0n) is 10.3. The minimum Gasteiger partial charge on any atom is -0.478 e. The first-order valence-corrected chi connectivity index (χ1v) is 6.55. The molecule has 0 heterocycles. The maximum Gasteiger partial charge on any atom is 0.402 e. The molecule has 0 spiro atoms. The largest absolute Gasteiger partial charge is 0.478 e. The van der Waals surface area contributed by atoms with Gasteiger partial charge in [-0.3, -0.25) is 0 Å². The number of rotatable bonds is 4. The van der Waals surface area contributed by atoms with Crippen molar-refractivity contribution in [3.8, 4) is 0 Å². The van der Waals surface area contributed by atoms with E-state index in [4.69, 9.17) is 5.11 Å². The first-order chi connectivity index (χ1) is 9.36. The molecule has 0 aliphatic rings. The van der Waals surface area contributed by atoms with Gasteiger partial charge in [-0.05, 0) is 12.1 Å². The van der Waals surface area contributed by atoms with E-state index in [1.54, 1.807) is 0 Å². The predicted molar refractivity (Wildman–Crippen MR) is 59.2 cm³/mol. The zero-order valence-corrected chi connectivity index (χ0v) is 11.1. The molecule has 1 N–H and O–H groups in total. The number of nitrogens with zero attached hydrogens (tertiary/aromatic N) is 1. The molecule has 11 heteroatoms. The number of halogens is 5. The van der Waals surface area contributed by atoms with Gasteiger partial charge in [-0.15, -0.1) is 0 Å². The van der Waals surface area contributed by atoms with Crippen LogP contribution >= 0.6 is 0 Å². The lowest BCUT2D eigenvalue weighted by atomic mass is 10.2. The average molecular weight is 333 g/mol. The SMILES string of the molecule is CN(CC(F)(F)F)S(=O)(=O)c1cc(C(=O)O)cc(F)c1F. The van der Waals surface area contributed by atoms with Crippen LogP contribution in [0.15, 0.2) is 17.0 Å². The fourth-order valence-electron chi connectivity index (χ4n) is 1.38. The number of alkyl halides is 3. The number of carboxylic acid groups (broad SMARTS) is 1. The Kier molecular flexibility index (Phi) is 4.58. The smallest absolute Gasteiger partial charge is 0.402 e. The summed E-state index contributed by atoms with van der Waals surface area (Å²) in [5.41, 5.74) is -0.909. The van der Waals surface area contributed by atoms with Crippen LogP contribution in [-0.4, -0.2) is 43.6 Å². The third-order valence-corrected chi connectivity index (χ3v) is 4.13. The van der Waals surface area contributed by atoms with E-state index in [1.807, 2.05) is 0 Å². The van der Waals surface area contributed by atoms with Gasteiger partial charge in [0, 0.05) is 7.05 Å². The molecule has 0 aliphatic carbocycles. The van der Waals surface area contributed by atoms with Gasteiger partial charge in [-0.25, -0.2) is 22.0 Å². The highest BCUT2D eigenvalue weighted by Gasteiger charge is 2.36. The highest BCUT2D eigenvalue weighted by Crippen LogP contribution is 2.25. The van der Waals surface area contributed by atoms with E-state index >= 15 is 0 Å². The Hall–Kier alpha value is -1.75. The molecular formula is C10H8F5NO4S. The van der Waals surface area contributed by atoms with Gasteiger partial charge in [0.05, 0.1) is 5.56 Å². The molecule has 0 saturated carbocycles. The third kappa shape index (κ3) is 3.88. The lowest BCUT2D eigenvalue weighted by Crippen LogP contribution is -2.36. The van der Waals surface area contributed by atoms with Crippen molar-refractivity contribution in [2.75, 3.05) is 13.6 Å². The maximum atomic E-state index is 13.5. The van der Waals surface area contributed by atoms with Gasteiger partial charge in [-0.1, -0.05) is 0 Å². The van der Waals surface area contributed by atoms with Crippen LogP contribution in [0.5, 0.6) is 0 Å². The molecule has 0 aromatic heterocycles. The van der Waals surface area contributed by atoms with E-state index < -0.39 is 50.8 Å². The maximum absolute atomic E-state index is 13.5. The van der Waals surface area contributed by atoms with Gasteiger partial charge >= 0.3 is 12.1 Å². The number of sulfonamides is 1. The number of aromatic carboxylic acids is 1. The summed E-state index contributed by atoms with van der Waals surface area (Å²) in [6, 6.07) is 0.476. The zero-order chi connectivity index (χ0) is 16.6. The van der Waals surface area contributed by atoms with E-state index in [9.17, 15) is 35.2 Å². The minimum atomic E-state index is -5.05. The van der Waals surface area contributed by atoms with Crippen LogP contribution in [-0.2, 0) is 10.0 Å².